The van der Waals surface area contributed by atoms with Gasteiger partial charge in [-0.1, -0.05) is 50.9 Å². The summed E-state index contributed by atoms with van der Waals surface area (Å²) >= 11 is 9.26. The molecule has 116 valence electrons. The quantitative estimate of drug-likeness (QED) is 0.726. The van der Waals surface area contributed by atoms with E-state index in [0.717, 1.165) is 10.0 Å². The molecule has 7 heteroatoms. The van der Waals surface area contributed by atoms with E-state index in [-0.39, 0.29) is 12.5 Å². The van der Waals surface area contributed by atoms with Gasteiger partial charge in [-0.05, 0) is 30.3 Å². The van der Waals surface area contributed by atoms with Gasteiger partial charge in [0.2, 0.25) is 11.7 Å². The first kappa shape index (κ1) is 15.7. The summed E-state index contributed by atoms with van der Waals surface area (Å²) in [6, 6.07) is 14.3. The zero-order chi connectivity index (χ0) is 16.2. The molecule has 0 aliphatic heterocycles. The fraction of sp³-hybridized carbons (Fsp3) is 0.0625. The fourth-order valence-corrected chi connectivity index (χ4v) is 2.55. The van der Waals surface area contributed by atoms with Gasteiger partial charge in [0, 0.05) is 20.6 Å². The molecule has 1 amide bonds. The molecule has 0 fully saturated rings. The maximum atomic E-state index is 12.0. The third-order valence-corrected chi connectivity index (χ3v) is 3.77. The minimum Gasteiger partial charge on any atom is -0.343 e. The smallest absolute Gasteiger partial charge is 0.251 e. The second-order valence-electron chi connectivity index (χ2n) is 4.72. The molecular formula is C16H11BrClN3O2. The summed E-state index contributed by atoms with van der Waals surface area (Å²) < 4.78 is 6.08. The lowest BCUT2D eigenvalue weighted by Gasteiger charge is -2.02. The second kappa shape index (κ2) is 6.93. The van der Waals surface area contributed by atoms with Gasteiger partial charge in [0.1, 0.15) is 0 Å². The van der Waals surface area contributed by atoms with Crippen molar-refractivity contribution in [2.45, 2.75) is 6.54 Å². The van der Waals surface area contributed by atoms with Gasteiger partial charge in [-0.2, -0.15) is 4.98 Å². The number of rotatable bonds is 4. The Kier molecular flexibility index (Phi) is 4.73. The highest BCUT2D eigenvalue weighted by Gasteiger charge is 2.11. The second-order valence-corrected chi connectivity index (χ2v) is 6.07. The van der Waals surface area contributed by atoms with Crippen LogP contribution < -0.4 is 5.32 Å². The number of carbonyl (C=O) groups excluding carboxylic acids is 1. The molecule has 23 heavy (non-hydrogen) atoms. The number of halogens is 2. The van der Waals surface area contributed by atoms with Crippen LogP contribution in [0.15, 0.2) is 57.5 Å². The number of hydrogen-bond donors (Lipinski definition) is 1. The SMILES string of the molecule is O=C(NCc1nc(-c2cccc(Br)c2)no1)c1cccc(Cl)c1. The van der Waals surface area contributed by atoms with Crippen molar-refractivity contribution in [3.8, 4) is 11.4 Å². The first-order valence-electron chi connectivity index (χ1n) is 6.74. The van der Waals surface area contributed by atoms with Crippen LogP contribution >= 0.6 is 27.5 Å². The molecule has 0 unspecified atom stereocenters. The van der Waals surface area contributed by atoms with Gasteiger partial charge in [-0.3, -0.25) is 4.79 Å². The minimum atomic E-state index is -0.255. The van der Waals surface area contributed by atoms with E-state index in [1.165, 1.54) is 0 Å². The Morgan fingerprint density at radius 1 is 1.22 bits per heavy atom. The molecule has 0 saturated heterocycles. The minimum absolute atomic E-state index is 0.145. The molecule has 0 saturated carbocycles. The highest BCUT2D eigenvalue weighted by atomic mass is 79.9. The van der Waals surface area contributed by atoms with Gasteiger partial charge in [0.15, 0.2) is 0 Å². The molecule has 0 aliphatic rings. The molecule has 1 N–H and O–H groups in total. The lowest BCUT2D eigenvalue weighted by Crippen LogP contribution is -2.22. The van der Waals surface area contributed by atoms with Crippen LogP contribution in [0.25, 0.3) is 11.4 Å². The van der Waals surface area contributed by atoms with Crippen LogP contribution in [0.3, 0.4) is 0 Å². The van der Waals surface area contributed by atoms with Crippen molar-refractivity contribution < 1.29 is 9.32 Å². The highest BCUT2D eigenvalue weighted by Crippen LogP contribution is 2.20. The molecule has 3 rings (SSSR count). The number of hydrogen-bond acceptors (Lipinski definition) is 4. The Labute approximate surface area is 145 Å². The number of benzene rings is 2. The van der Waals surface area contributed by atoms with Crippen molar-refractivity contribution in [3.05, 3.63) is 69.5 Å². The van der Waals surface area contributed by atoms with Crippen LogP contribution in [0.1, 0.15) is 16.2 Å². The summed E-state index contributed by atoms with van der Waals surface area (Å²) in [5.41, 5.74) is 1.31. The van der Waals surface area contributed by atoms with Gasteiger partial charge in [0.05, 0.1) is 6.54 Å². The summed E-state index contributed by atoms with van der Waals surface area (Å²) in [6.07, 6.45) is 0. The predicted molar refractivity (Wildman–Crippen MR) is 90.1 cm³/mol. The van der Waals surface area contributed by atoms with Crippen molar-refractivity contribution >= 4 is 33.4 Å². The largest absolute Gasteiger partial charge is 0.343 e. The normalized spacial score (nSPS) is 10.5. The lowest BCUT2D eigenvalue weighted by molar-refractivity contribution is 0.0946. The van der Waals surface area contributed by atoms with E-state index in [2.05, 4.69) is 31.4 Å². The van der Waals surface area contributed by atoms with Crippen molar-refractivity contribution in [3.63, 3.8) is 0 Å². The van der Waals surface area contributed by atoms with Crippen LogP contribution in [0.2, 0.25) is 5.02 Å². The van der Waals surface area contributed by atoms with E-state index in [4.69, 9.17) is 16.1 Å². The fourth-order valence-electron chi connectivity index (χ4n) is 1.96. The molecule has 0 bridgehead atoms. The summed E-state index contributed by atoms with van der Waals surface area (Å²) in [6.45, 7) is 0.145. The van der Waals surface area contributed by atoms with E-state index in [9.17, 15) is 4.79 Å². The van der Waals surface area contributed by atoms with Gasteiger partial charge >= 0.3 is 0 Å². The molecule has 0 radical (unpaired) electrons. The summed E-state index contributed by atoms with van der Waals surface area (Å²) in [4.78, 5) is 16.3. The zero-order valence-corrected chi connectivity index (χ0v) is 14.1. The number of amides is 1. The molecular weight excluding hydrogens is 382 g/mol. The summed E-state index contributed by atoms with van der Waals surface area (Å²) in [5.74, 6) is 0.545. The monoisotopic (exact) mass is 391 g/mol. The molecule has 5 nitrogen and oxygen atoms in total. The van der Waals surface area contributed by atoms with Crippen LogP contribution in [0, 0.1) is 0 Å². The van der Waals surface area contributed by atoms with Gasteiger partial charge in [0.25, 0.3) is 5.91 Å². The average molecular weight is 393 g/mol. The Morgan fingerprint density at radius 2 is 2.04 bits per heavy atom. The lowest BCUT2D eigenvalue weighted by atomic mass is 10.2. The highest BCUT2D eigenvalue weighted by molar-refractivity contribution is 9.10. The number of nitrogens with zero attached hydrogens (tertiary/aromatic N) is 2. The maximum absolute atomic E-state index is 12.0. The van der Waals surface area contributed by atoms with E-state index < -0.39 is 0 Å². The Hall–Kier alpha value is -2.18. The number of aromatic nitrogens is 2. The average Bonchev–Trinajstić information content (AvgIpc) is 3.01. The van der Waals surface area contributed by atoms with Crippen molar-refractivity contribution in [2.24, 2.45) is 0 Å². The van der Waals surface area contributed by atoms with Crippen molar-refractivity contribution in [1.29, 1.82) is 0 Å². The standard InChI is InChI=1S/C16H11BrClN3O2/c17-12-5-1-3-10(7-12)15-20-14(23-21-15)9-19-16(22)11-4-2-6-13(18)8-11/h1-8H,9H2,(H,19,22). The molecule has 1 heterocycles. The molecule has 3 aromatic rings. The van der Waals surface area contributed by atoms with Gasteiger partial charge < -0.3 is 9.84 Å². The first-order valence-corrected chi connectivity index (χ1v) is 7.91. The van der Waals surface area contributed by atoms with Gasteiger partial charge in [-0.25, -0.2) is 0 Å². The Balaban J connectivity index is 1.67. The predicted octanol–water partition coefficient (Wildman–Crippen LogP) is 4.08. The summed E-state index contributed by atoms with van der Waals surface area (Å²) in [7, 11) is 0. The van der Waals surface area contributed by atoms with Crippen LogP contribution in [0.5, 0.6) is 0 Å². The maximum Gasteiger partial charge on any atom is 0.251 e. The first-order chi connectivity index (χ1) is 11.1. The topological polar surface area (TPSA) is 68.0 Å². The molecule has 0 aliphatic carbocycles. The Morgan fingerprint density at radius 3 is 2.83 bits per heavy atom. The zero-order valence-electron chi connectivity index (χ0n) is 11.8. The molecule has 0 atom stereocenters. The van der Waals surface area contributed by atoms with Crippen LogP contribution in [-0.2, 0) is 6.54 Å². The number of nitrogens with one attached hydrogen (secondary N) is 1. The molecule has 2 aromatic carbocycles. The molecule has 1 aromatic heterocycles. The van der Waals surface area contributed by atoms with E-state index in [0.29, 0.717) is 22.3 Å². The third-order valence-electron chi connectivity index (χ3n) is 3.04. The van der Waals surface area contributed by atoms with E-state index in [1.54, 1.807) is 24.3 Å². The van der Waals surface area contributed by atoms with Crippen molar-refractivity contribution in [2.75, 3.05) is 0 Å². The number of carbonyl (C=O) groups is 1. The summed E-state index contributed by atoms with van der Waals surface area (Å²) in [5, 5.41) is 7.14. The molecule has 0 spiro atoms. The van der Waals surface area contributed by atoms with Crippen LogP contribution in [0.4, 0.5) is 0 Å². The van der Waals surface area contributed by atoms with E-state index in [1.807, 2.05) is 24.3 Å². The van der Waals surface area contributed by atoms with E-state index >= 15 is 0 Å². The Bertz CT molecular complexity index is 851. The van der Waals surface area contributed by atoms with Crippen molar-refractivity contribution in [1.82, 2.24) is 15.5 Å². The van der Waals surface area contributed by atoms with Crippen LogP contribution in [-0.4, -0.2) is 16.0 Å². The third kappa shape index (κ3) is 3.97. The van der Waals surface area contributed by atoms with Gasteiger partial charge in [-0.15, -0.1) is 0 Å².